The molecule has 0 rings (SSSR count). The van der Waals surface area contributed by atoms with E-state index in [1.807, 2.05) is 13.0 Å². The average Bonchev–Trinajstić information content (AvgIpc) is 1.98. The van der Waals surface area contributed by atoms with Gasteiger partial charge in [0.1, 0.15) is 0 Å². The Morgan fingerprint density at radius 3 is 2.38 bits per heavy atom. The van der Waals surface area contributed by atoms with E-state index in [1.54, 1.807) is 19.1 Å². The number of hydrogen-bond acceptors (Lipinski definition) is 2. The number of nitrogens with one attached hydrogen (secondary N) is 1. The van der Waals surface area contributed by atoms with Crippen molar-refractivity contribution in [3.05, 3.63) is 11.6 Å². The zero-order chi connectivity index (χ0) is 9.56. The number of rotatable bonds is 4. The topological polar surface area (TPSA) is 32.3 Å². The Balaban J connectivity index is 0. The monoisotopic (exact) mass is 206 g/mol. The summed E-state index contributed by atoms with van der Waals surface area (Å²) in [7, 11) is 3.59. The van der Waals surface area contributed by atoms with Crippen LogP contribution >= 0.6 is 12.4 Å². The molecule has 0 unspecified atom stereocenters. The molecular weight excluding hydrogens is 188 g/mol. The van der Waals surface area contributed by atoms with Crippen LogP contribution in [0.25, 0.3) is 0 Å². The highest BCUT2D eigenvalue weighted by Crippen LogP contribution is 1.97. The molecule has 0 atom stereocenters. The zero-order valence-corrected chi connectivity index (χ0v) is 9.57. The Morgan fingerprint density at radius 2 is 2.00 bits per heavy atom. The number of carbonyl (C=O) groups is 1. The predicted octanol–water partition coefficient (Wildman–Crippen LogP) is 1.75. The van der Waals surface area contributed by atoms with Gasteiger partial charge in [0.15, 0.2) is 0 Å². The first-order chi connectivity index (χ1) is 5.57. The van der Waals surface area contributed by atoms with E-state index in [0.717, 1.165) is 18.4 Å². The van der Waals surface area contributed by atoms with Gasteiger partial charge >= 0.3 is 0 Å². The van der Waals surface area contributed by atoms with E-state index < -0.39 is 0 Å². The summed E-state index contributed by atoms with van der Waals surface area (Å²) in [6, 6.07) is 0. The SMILES string of the molecule is CCCC=C(C)C(=O)NN(C)C.Cl. The van der Waals surface area contributed by atoms with Crippen LogP contribution in [-0.2, 0) is 4.79 Å². The molecule has 1 amide bonds. The normalized spacial score (nSPS) is 11.0. The second-order valence-corrected chi connectivity index (χ2v) is 3.01. The van der Waals surface area contributed by atoms with Crippen molar-refractivity contribution in [2.75, 3.05) is 14.1 Å². The summed E-state index contributed by atoms with van der Waals surface area (Å²) in [6.07, 6.45) is 4.00. The maximum absolute atomic E-state index is 11.2. The Hall–Kier alpha value is -0.540. The maximum atomic E-state index is 11.2. The van der Waals surface area contributed by atoms with Crippen molar-refractivity contribution in [1.82, 2.24) is 10.4 Å². The van der Waals surface area contributed by atoms with Crippen LogP contribution in [-0.4, -0.2) is 25.0 Å². The molecule has 0 saturated carbocycles. The summed E-state index contributed by atoms with van der Waals surface area (Å²) >= 11 is 0. The fourth-order valence-corrected chi connectivity index (χ4v) is 0.745. The van der Waals surface area contributed by atoms with Gasteiger partial charge in [0.25, 0.3) is 5.91 Å². The summed E-state index contributed by atoms with van der Waals surface area (Å²) in [5.41, 5.74) is 3.46. The van der Waals surface area contributed by atoms with Crippen molar-refractivity contribution >= 4 is 18.3 Å². The first-order valence-electron chi connectivity index (χ1n) is 4.23. The molecule has 0 radical (unpaired) electrons. The summed E-state index contributed by atoms with van der Waals surface area (Å²) in [6.45, 7) is 3.92. The van der Waals surface area contributed by atoms with E-state index in [-0.39, 0.29) is 18.3 Å². The number of unbranched alkanes of at least 4 members (excludes halogenated alkanes) is 1. The molecule has 0 aliphatic heterocycles. The third-order valence-corrected chi connectivity index (χ3v) is 1.42. The smallest absolute Gasteiger partial charge is 0.260 e. The molecule has 0 aliphatic rings. The van der Waals surface area contributed by atoms with Gasteiger partial charge in [0.05, 0.1) is 0 Å². The quantitative estimate of drug-likeness (QED) is 0.562. The fraction of sp³-hybridized carbons (Fsp3) is 0.667. The molecule has 0 bridgehead atoms. The van der Waals surface area contributed by atoms with Gasteiger partial charge in [-0.2, -0.15) is 0 Å². The lowest BCUT2D eigenvalue weighted by molar-refractivity contribution is -0.121. The molecule has 4 heteroatoms. The van der Waals surface area contributed by atoms with Gasteiger partial charge in [-0.05, 0) is 13.3 Å². The van der Waals surface area contributed by atoms with Crippen LogP contribution in [0.1, 0.15) is 26.7 Å². The number of hydrazine groups is 1. The van der Waals surface area contributed by atoms with E-state index >= 15 is 0 Å². The Morgan fingerprint density at radius 1 is 1.46 bits per heavy atom. The van der Waals surface area contributed by atoms with Crippen LogP contribution in [0.15, 0.2) is 11.6 Å². The van der Waals surface area contributed by atoms with Crippen LogP contribution < -0.4 is 5.43 Å². The van der Waals surface area contributed by atoms with E-state index in [2.05, 4.69) is 12.3 Å². The van der Waals surface area contributed by atoms with Gasteiger partial charge in [0.2, 0.25) is 0 Å². The molecule has 0 heterocycles. The number of hydrogen-bond donors (Lipinski definition) is 1. The number of amides is 1. The minimum atomic E-state index is -0.0200. The summed E-state index contributed by atoms with van der Waals surface area (Å²) in [5, 5.41) is 1.64. The average molecular weight is 207 g/mol. The van der Waals surface area contributed by atoms with E-state index in [1.165, 1.54) is 0 Å². The summed E-state index contributed by atoms with van der Waals surface area (Å²) < 4.78 is 0. The highest BCUT2D eigenvalue weighted by molar-refractivity contribution is 5.92. The fourth-order valence-electron chi connectivity index (χ4n) is 0.745. The molecule has 0 aromatic heterocycles. The maximum Gasteiger partial charge on any atom is 0.260 e. The first-order valence-corrected chi connectivity index (χ1v) is 4.23. The minimum absolute atomic E-state index is 0. The third-order valence-electron chi connectivity index (χ3n) is 1.42. The van der Waals surface area contributed by atoms with E-state index in [4.69, 9.17) is 0 Å². The highest BCUT2D eigenvalue weighted by Gasteiger charge is 2.02. The molecule has 0 spiro atoms. The van der Waals surface area contributed by atoms with Gasteiger partial charge < -0.3 is 0 Å². The first kappa shape index (κ1) is 15.0. The number of allylic oxidation sites excluding steroid dienone is 1. The van der Waals surface area contributed by atoms with Crippen molar-refractivity contribution < 1.29 is 4.79 Å². The Kier molecular flexibility index (Phi) is 9.29. The van der Waals surface area contributed by atoms with Gasteiger partial charge in [-0.3, -0.25) is 10.2 Å². The van der Waals surface area contributed by atoms with Gasteiger partial charge in [-0.15, -0.1) is 12.4 Å². The van der Waals surface area contributed by atoms with Gasteiger partial charge in [-0.1, -0.05) is 19.4 Å². The molecule has 1 N–H and O–H groups in total. The lowest BCUT2D eigenvalue weighted by Gasteiger charge is -2.11. The second kappa shape index (κ2) is 8.08. The molecule has 78 valence electrons. The summed E-state index contributed by atoms with van der Waals surface area (Å²) in [5.74, 6) is -0.0200. The molecule has 0 aromatic carbocycles. The summed E-state index contributed by atoms with van der Waals surface area (Å²) in [4.78, 5) is 11.2. The largest absolute Gasteiger partial charge is 0.286 e. The molecule has 0 aliphatic carbocycles. The van der Waals surface area contributed by atoms with Crippen molar-refractivity contribution in [2.24, 2.45) is 0 Å². The molecule has 0 saturated heterocycles. The molecule has 3 nitrogen and oxygen atoms in total. The number of halogens is 1. The Labute approximate surface area is 86.6 Å². The molecular formula is C9H19ClN2O. The third kappa shape index (κ3) is 7.81. The molecule has 0 aromatic rings. The van der Waals surface area contributed by atoms with E-state index in [9.17, 15) is 4.79 Å². The van der Waals surface area contributed by atoms with Crippen LogP contribution in [0.2, 0.25) is 0 Å². The second-order valence-electron chi connectivity index (χ2n) is 3.01. The van der Waals surface area contributed by atoms with Crippen LogP contribution in [0.3, 0.4) is 0 Å². The van der Waals surface area contributed by atoms with Crippen molar-refractivity contribution in [2.45, 2.75) is 26.7 Å². The number of carbonyl (C=O) groups excluding carboxylic acids is 1. The standard InChI is InChI=1S/C9H18N2O.ClH/c1-5-6-7-8(2)9(12)10-11(3)4;/h7H,5-6H2,1-4H3,(H,10,12);1H. The van der Waals surface area contributed by atoms with Crippen LogP contribution in [0, 0.1) is 0 Å². The number of nitrogens with zero attached hydrogens (tertiary/aromatic N) is 1. The lowest BCUT2D eigenvalue weighted by atomic mass is 10.2. The Bertz CT molecular complexity index is 178. The lowest BCUT2D eigenvalue weighted by Crippen LogP contribution is -2.36. The van der Waals surface area contributed by atoms with Crippen molar-refractivity contribution in [3.63, 3.8) is 0 Å². The molecule has 13 heavy (non-hydrogen) atoms. The van der Waals surface area contributed by atoms with Crippen LogP contribution in [0.4, 0.5) is 0 Å². The van der Waals surface area contributed by atoms with Gasteiger partial charge in [-0.25, -0.2) is 5.01 Å². The van der Waals surface area contributed by atoms with Crippen LogP contribution in [0.5, 0.6) is 0 Å². The molecule has 0 fully saturated rings. The minimum Gasteiger partial charge on any atom is -0.286 e. The van der Waals surface area contributed by atoms with Crippen molar-refractivity contribution in [1.29, 1.82) is 0 Å². The van der Waals surface area contributed by atoms with Crippen molar-refractivity contribution in [3.8, 4) is 0 Å². The van der Waals surface area contributed by atoms with E-state index in [0.29, 0.717) is 0 Å². The predicted molar refractivity (Wildman–Crippen MR) is 57.7 cm³/mol. The highest BCUT2D eigenvalue weighted by atomic mass is 35.5. The zero-order valence-electron chi connectivity index (χ0n) is 8.76. The van der Waals surface area contributed by atoms with Gasteiger partial charge in [0, 0.05) is 19.7 Å².